The minimum atomic E-state index is 0.772. The molecule has 0 amide bonds. The van der Waals surface area contributed by atoms with Crippen molar-refractivity contribution in [2.45, 2.75) is 13.5 Å². The van der Waals surface area contributed by atoms with Crippen LogP contribution in [0.15, 0.2) is 29.9 Å². The molecular formula is C10H11N3S. The van der Waals surface area contributed by atoms with Crippen LogP contribution in [-0.2, 0) is 6.54 Å². The molecule has 0 aliphatic carbocycles. The van der Waals surface area contributed by atoms with Crippen LogP contribution in [0.1, 0.15) is 10.7 Å². The highest BCUT2D eigenvalue weighted by atomic mass is 32.1. The predicted molar refractivity (Wildman–Crippen MR) is 58.4 cm³/mol. The van der Waals surface area contributed by atoms with Crippen LogP contribution in [-0.4, -0.2) is 9.97 Å². The van der Waals surface area contributed by atoms with Crippen LogP contribution in [0, 0.1) is 6.92 Å². The molecule has 2 rings (SSSR count). The predicted octanol–water partition coefficient (Wildman–Crippen LogP) is 2.46. The van der Waals surface area contributed by atoms with Gasteiger partial charge in [-0.25, -0.2) is 4.98 Å². The summed E-state index contributed by atoms with van der Waals surface area (Å²) in [6, 6.07) is 3.89. The van der Waals surface area contributed by atoms with E-state index in [4.69, 9.17) is 0 Å². The highest BCUT2D eigenvalue weighted by Crippen LogP contribution is 2.10. The zero-order valence-electron chi connectivity index (χ0n) is 7.90. The number of hydrogen-bond donors (Lipinski definition) is 1. The van der Waals surface area contributed by atoms with Crippen LogP contribution < -0.4 is 5.32 Å². The molecule has 0 aliphatic rings. The highest BCUT2D eigenvalue weighted by molar-refractivity contribution is 7.09. The Hall–Kier alpha value is -1.42. The molecule has 0 aliphatic heterocycles. The summed E-state index contributed by atoms with van der Waals surface area (Å²) in [6.45, 7) is 2.79. The Morgan fingerprint density at radius 3 is 2.79 bits per heavy atom. The van der Waals surface area contributed by atoms with Crippen LogP contribution in [0.5, 0.6) is 0 Å². The number of thiazole rings is 1. The Balaban J connectivity index is 1.95. The molecule has 0 unspecified atom stereocenters. The average molecular weight is 205 g/mol. The molecule has 0 spiro atoms. The number of hydrogen-bond acceptors (Lipinski definition) is 4. The van der Waals surface area contributed by atoms with E-state index < -0.39 is 0 Å². The third kappa shape index (κ3) is 2.29. The molecule has 0 atom stereocenters. The minimum Gasteiger partial charge on any atom is -0.379 e. The molecule has 2 heterocycles. The monoisotopic (exact) mass is 205 g/mol. The van der Waals surface area contributed by atoms with E-state index in [0.29, 0.717) is 0 Å². The van der Waals surface area contributed by atoms with Gasteiger partial charge < -0.3 is 5.32 Å². The summed E-state index contributed by atoms with van der Waals surface area (Å²) in [5, 5.41) is 6.46. The van der Waals surface area contributed by atoms with Crippen molar-refractivity contribution in [3.05, 3.63) is 40.6 Å². The molecule has 14 heavy (non-hydrogen) atoms. The summed E-state index contributed by atoms with van der Waals surface area (Å²) in [4.78, 5) is 8.32. The second-order valence-electron chi connectivity index (χ2n) is 2.95. The molecule has 0 radical (unpaired) electrons. The van der Waals surface area contributed by atoms with Crippen LogP contribution in [0.2, 0.25) is 0 Å². The molecule has 1 N–H and O–H groups in total. The second-order valence-corrected chi connectivity index (χ2v) is 4.01. The van der Waals surface area contributed by atoms with Gasteiger partial charge >= 0.3 is 0 Å². The maximum absolute atomic E-state index is 4.37. The summed E-state index contributed by atoms with van der Waals surface area (Å²) in [7, 11) is 0. The van der Waals surface area contributed by atoms with E-state index in [9.17, 15) is 0 Å². The fraction of sp³-hybridized carbons (Fsp3) is 0.200. The number of nitrogens with one attached hydrogen (secondary N) is 1. The number of aryl methyl sites for hydroxylation is 1. The highest BCUT2D eigenvalue weighted by Gasteiger charge is 1.97. The van der Waals surface area contributed by atoms with Gasteiger partial charge in [0.15, 0.2) is 0 Å². The second kappa shape index (κ2) is 4.19. The van der Waals surface area contributed by atoms with E-state index in [-0.39, 0.29) is 0 Å². The molecule has 2 aromatic heterocycles. The van der Waals surface area contributed by atoms with Crippen molar-refractivity contribution in [2.24, 2.45) is 0 Å². The van der Waals surface area contributed by atoms with Gasteiger partial charge in [0.25, 0.3) is 0 Å². The van der Waals surface area contributed by atoms with E-state index in [1.807, 2.05) is 19.1 Å². The third-order valence-electron chi connectivity index (χ3n) is 1.82. The molecule has 0 aromatic carbocycles. The Morgan fingerprint density at radius 1 is 1.36 bits per heavy atom. The van der Waals surface area contributed by atoms with Crippen molar-refractivity contribution in [1.82, 2.24) is 9.97 Å². The van der Waals surface area contributed by atoms with E-state index in [1.54, 1.807) is 23.7 Å². The van der Waals surface area contributed by atoms with Gasteiger partial charge in [0, 0.05) is 23.5 Å². The summed E-state index contributed by atoms with van der Waals surface area (Å²) in [6.07, 6.45) is 3.54. The first kappa shape index (κ1) is 9.15. The SMILES string of the molecule is Cc1nc(CNc2ccncc2)cs1. The number of aromatic nitrogens is 2. The number of anilines is 1. The van der Waals surface area contributed by atoms with E-state index in [0.717, 1.165) is 22.9 Å². The maximum Gasteiger partial charge on any atom is 0.0898 e. The number of rotatable bonds is 3. The quantitative estimate of drug-likeness (QED) is 0.836. The Labute approximate surface area is 86.8 Å². The molecule has 0 saturated carbocycles. The van der Waals surface area contributed by atoms with Crippen molar-refractivity contribution in [3.63, 3.8) is 0 Å². The molecule has 2 aromatic rings. The van der Waals surface area contributed by atoms with Crippen molar-refractivity contribution >= 4 is 17.0 Å². The number of nitrogens with zero attached hydrogens (tertiary/aromatic N) is 2. The largest absolute Gasteiger partial charge is 0.379 e. The molecule has 72 valence electrons. The van der Waals surface area contributed by atoms with Gasteiger partial charge in [-0.15, -0.1) is 11.3 Å². The van der Waals surface area contributed by atoms with Gasteiger partial charge in [-0.2, -0.15) is 0 Å². The van der Waals surface area contributed by atoms with Crippen molar-refractivity contribution in [2.75, 3.05) is 5.32 Å². The lowest BCUT2D eigenvalue weighted by Gasteiger charge is -2.02. The first-order valence-corrected chi connectivity index (χ1v) is 5.27. The van der Waals surface area contributed by atoms with Crippen LogP contribution in [0.3, 0.4) is 0 Å². The third-order valence-corrected chi connectivity index (χ3v) is 2.64. The fourth-order valence-electron chi connectivity index (χ4n) is 1.15. The van der Waals surface area contributed by atoms with Gasteiger partial charge in [0.2, 0.25) is 0 Å². The molecular weight excluding hydrogens is 194 g/mol. The zero-order valence-corrected chi connectivity index (χ0v) is 8.71. The summed E-state index contributed by atoms with van der Waals surface area (Å²) in [5.74, 6) is 0. The molecule has 0 fully saturated rings. The minimum absolute atomic E-state index is 0.772. The van der Waals surface area contributed by atoms with E-state index >= 15 is 0 Å². The topological polar surface area (TPSA) is 37.8 Å². The number of pyridine rings is 1. The maximum atomic E-state index is 4.37. The van der Waals surface area contributed by atoms with Gasteiger partial charge in [0.1, 0.15) is 0 Å². The lowest BCUT2D eigenvalue weighted by atomic mass is 10.4. The fourth-order valence-corrected chi connectivity index (χ4v) is 1.76. The van der Waals surface area contributed by atoms with Gasteiger partial charge in [-0.1, -0.05) is 0 Å². The molecule has 4 heteroatoms. The van der Waals surface area contributed by atoms with Crippen LogP contribution in [0.4, 0.5) is 5.69 Å². The van der Waals surface area contributed by atoms with Crippen molar-refractivity contribution in [1.29, 1.82) is 0 Å². The van der Waals surface area contributed by atoms with Gasteiger partial charge in [-0.3, -0.25) is 4.98 Å². The summed E-state index contributed by atoms with van der Waals surface area (Å²) in [5.41, 5.74) is 2.16. The standard InChI is InChI=1S/C10H11N3S/c1-8-13-10(7-14-8)6-12-9-2-4-11-5-3-9/h2-5,7H,6H2,1H3,(H,11,12). The Bertz CT molecular complexity index is 397. The Morgan fingerprint density at radius 2 is 2.14 bits per heavy atom. The lowest BCUT2D eigenvalue weighted by Crippen LogP contribution is -1.99. The van der Waals surface area contributed by atoms with E-state index in [1.165, 1.54) is 0 Å². The van der Waals surface area contributed by atoms with Crippen LogP contribution in [0.25, 0.3) is 0 Å². The van der Waals surface area contributed by atoms with Crippen molar-refractivity contribution in [3.8, 4) is 0 Å². The lowest BCUT2D eigenvalue weighted by molar-refractivity contribution is 1.05. The first-order chi connectivity index (χ1) is 6.84. The smallest absolute Gasteiger partial charge is 0.0898 e. The summed E-state index contributed by atoms with van der Waals surface area (Å²) < 4.78 is 0. The molecule has 3 nitrogen and oxygen atoms in total. The van der Waals surface area contributed by atoms with Gasteiger partial charge in [-0.05, 0) is 19.1 Å². The molecule has 0 saturated heterocycles. The van der Waals surface area contributed by atoms with Crippen molar-refractivity contribution < 1.29 is 0 Å². The summed E-state index contributed by atoms with van der Waals surface area (Å²) >= 11 is 1.68. The van der Waals surface area contributed by atoms with Gasteiger partial charge in [0.05, 0.1) is 17.2 Å². The normalized spacial score (nSPS) is 10.1. The van der Waals surface area contributed by atoms with E-state index in [2.05, 4.69) is 20.7 Å². The average Bonchev–Trinajstić information content (AvgIpc) is 2.63. The molecule has 0 bridgehead atoms. The Kier molecular flexibility index (Phi) is 2.74. The van der Waals surface area contributed by atoms with Crippen LogP contribution >= 0.6 is 11.3 Å². The zero-order chi connectivity index (χ0) is 9.80. The first-order valence-electron chi connectivity index (χ1n) is 4.39.